The van der Waals surface area contributed by atoms with E-state index in [1.54, 1.807) is 12.1 Å². The number of nitrogens with one attached hydrogen (secondary N) is 2. The van der Waals surface area contributed by atoms with Crippen molar-refractivity contribution in [2.45, 2.75) is 6.92 Å². The molecule has 0 aliphatic rings. The van der Waals surface area contributed by atoms with E-state index in [1.165, 1.54) is 0 Å². The number of benzene rings is 3. The van der Waals surface area contributed by atoms with Crippen molar-refractivity contribution in [3.05, 3.63) is 77.9 Å². The van der Waals surface area contributed by atoms with Crippen LogP contribution in [0, 0.1) is 6.92 Å². The third-order valence-corrected chi connectivity index (χ3v) is 3.78. The van der Waals surface area contributed by atoms with Gasteiger partial charge in [0.25, 0.3) is 5.91 Å². The Morgan fingerprint density at radius 1 is 0.913 bits per heavy atom. The molecule has 3 aromatic rings. The van der Waals surface area contributed by atoms with Crippen LogP contribution in [0.4, 0.5) is 5.69 Å². The Kier molecular flexibility index (Phi) is 4.35. The molecule has 0 unspecified atom stereocenters. The minimum Gasteiger partial charge on any atom is -0.332 e. The summed E-state index contributed by atoms with van der Waals surface area (Å²) in [6.07, 6.45) is 0. The first-order chi connectivity index (χ1) is 11.1. The number of amides is 1. The molecular formula is C19H16N2OS. The van der Waals surface area contributed by atoms with Gasteiger partial charge < -0.3 is 5.32 Å². The number of rotatable bonds is 2. The summed E-state index contributed by atoms with van der Waals surface area (Å²) in [5, 5.41) is 8.26. The van der Waals surface area contributed by atoms with E-state index in [-0.39, 0.29) is 11.0 Å². The molecule has 0 atom stereocenters. The Morgan fingerprint density at radius 2 is 1.61 bits per heavy atom. The second-order valence-corrected chi connectivity index (χ2v) is 5.71. The number of carbonyl (C=O) groups is 1. The summed E-state index contributed by atoms with van der Waals surface area (Å²) in [5.74, 6) is -0.220. The van der Waals surface area contributed by atoms with Gasteiger partial charge in [-0.25, -0.2) is 0 Å². The third kappa shape index (κ3) is 3.55. The van der Waals surface area contributed by atoms with Crippen molar-refractivity contribution in [3.8, 4) is 0 Å². The molecule has 1 amide bonds. The van der Waals surface area contributed by atoms with Crippen LogP contribution < -0.4 is 10.6 Å². The summed E-state index contributed by atoms with van der Waals surface area (Å²) >= 11 is 5.26. The molecule has 0 fully saturated rings. The molecule has 3 rings (SSSR count). The lowest BCUT2D eigenvalue weighted by atomic mass is 10.1. The van der Waals surface area contributed by atoms with Crippen LogP contribution in [0.3, 0.4) is 0 Å². The van der Waals surface area contributed by atoms with Gasteiger partial charge in [0.2, 0.25) is 0 Å². The van der Waals surface area contributed by atoms with Gasteiger partial charge in [-0.2, -0.15) is 0 Å². The van der Waals surface area contributed by atoms with Gasteiger partial charge in [-0.1, -0.05) is 54.1 Å². The number of carbonyl (C=O) groups excluding carboxylic acids is 1. The molecule has 0 aromatic heterocycles. The minimum atomic E-state index is -0.220. The van der Waals surface area contributed by atoms with Gasteiger partial charge in [-0.3, -0.25) is 10.1 Å². The van der Waals surface area contributed by atoms with Crippen molar-refractivity contribution in [1.82, 2.24) is 5.32 Å². The third-order valence-electron chi connectivity index (χ3n) is 3.58. The fourth-order valence-electron chi connectivity index (χ4n) is 2.37. The predicted molar refractivity (Wildman–Crippen MR) is 98.8 cm³/mol. The molecule has 0 radical (unpaired) electrons. The molecule has 4 heteroatoms. The number of hydrogen-bond acceptors (Lipinski definition) is 2. The first kappa shape index (κ1) is 15.2. The maximum absolute atomic E-state index is 12.2. The zero-order valence-corrected chi connectivity index (χ0v) is 13.5. The van der Waals surface area contributed by atoms with Crippen molar-refractivity contribution in [2.24, 2.45) is 0 Å². The SMILES string of the molecule is Cc1ccc(C(=O)NC(=S)Nc2cccc3ccccc23)cc1. The van der Waals surface area contributed by atoms with Crippen LogP contribution >= 0.6 is 12.2 Å². The highest BCUT2D eigenvalue weighted by Gasteiger charge is 2.08. The predicted octanol–water partition coefficient (Wildman–Crippen LogP) is 4.28. The Balaban J connectivity index is 1.74. The lowest BCUT2D eigenvalue weighted by Crippen LogP contribution is -2.34. The van der Waals surface area contributed by atoms with Gasteiger partial charge in [-0.15, -0.1) is 0 Å². The molecule has 0 bridgehead atoms. The molecule has 23 heavy (non-hydrogen) atoms. The number of anilines is 1. The van der Waals surface area contributed by atoms with Crippen molar-refractivity contribution in [1.29, 1.82) is 0 Å². The second kappa shape index (κ2) is 6.58. The fourth-order valence-corrected chi connectivity index (χ4v) is 2.57. The van der Waals surface area contributed by atoms with E-state index in [1.807, 2.05) is 61.5 Å². The van der Waals surface area contributed by atoms with Crippen LogP contribution in [0.25, 0.3) is 10.8 Å². The zero-order valence-electron chi connectivity index (χ0n) is 12.7. The smallest absolute Gasteiger partial charge is 0.257 e. The van der Waals surface area contributed by atoms with E-state index in [9.17, 15) is 4.79 Å². The van der Waals surface area contributed by atoms with E-state index in [0.717, 1.165) is 22.0 Å². The van der Waals surface area contributed by atoms with Crippen molar-refractivity contribution >= 4 is 39.7 Å². The van der Waals surface area contributed by atoms with Gasteiger partial charge in [0.15, 0.2) is 5.11 Å². The lowest BCUT2D eigenvalue weighted by Gasteiger charge is -2.12. The van der Waals surface area contributed by atoms with Crippen molar-refractivity contribution in [3.63, 3.8) is 0 Å². The first-order valence-corrected chi connectivity index (χ1v) is 7.71. The Morgan fingerprint density at radius 3 is 2.39 bits per heavy atom. The molecular weight excluding hydrogens is 304 g/mol. The monoisotopic (exact) mass is 320 g/mol. The van der Waals surface area contributed by atoms with E-state index >= 15 is 0 Å². The molecule has 0 aliphatic carbocycles. The summed E-state index contributed by atoms with van der Waals surface area (Å²) in [4.78, 5) is 12.2. The molecule has 2 N–H and O–H groups in total. The zero-order chi connectivity index (χ0) is 16.2. The Hall–Kier alpha value is -2.72. The average Bonchev–Trinajstić information content (AvgIpc) is 2.55. The number of thiocarbonyl (C=S) groups is 1. The summed E-state index contributed by atoms with van der Waals surface area (Å²) in [6, 6.07) is 21.3. The van der Waals surface area contributed by atoms with Crippen LogP contribution in [0.1, 0.15) is 15.9 Å². The maximum Gasteiger partial charge on any atom is 0.257 e. The molecule has 0 saturated heterocycles. The molecule has 0 spiro atoms. The van der Waals surface area contributed by atoms with Crippen LogP contribution in [0.2, 0.25) is 0 Å². The van der Waals surface area contributed by atoms with Crippen molar-refractivity contribution < 1.29 is 4.79 Å². The van der Waals surface area contributed by atoms with Gasteiger partial charge in [-0.05, 0) is 42.7 Å². The van der Waals surface area contributed by atoms with Gasteiger partial charge in [0.1, 0.15) is 0 Å². The number of aryl methyl sites for hydroxylation is 1. The fraction of sp³-hybridized carbons (Fsp3) is 0.0526. The quantitative estimate of drug-likeness (QED) is 0.693. The van der Waals surface area contributed by atoms with Crippen LogP contribution in [-0.4, -0.2) is 11.0 Å². The van der Waals surface area contributed by atoms with Gasteiger partial charge in [0.05, 0.1) is 0 Å². The number of hydrogen-bond donors (Lipinski definition) is 2. The topological polar surface area (TPSA) is 41.1 Å². The molecule has 0 saturated carbocycles. The van der Waals surface area contributed by atoms with E-state index in [4.69, 9.17) is 12.2 Å². The summed E-state index contributed by atoms with van der Waals surface area (Å²) < 4.78 is 0. The van der Waals surface area contributed by atoms with Crippen LogP contribution in [-0.2, 0) is 0 Å². The van der Waals surface area contributed by atoms with Crippen LogP contribution in [0.15, 0.2) is 66.7 Å². The highest BCUT2D eigenvalue weighted by atomic mass is 32.1. The molecule has 3 nitrogen and oxygen atoms in total. The Labute approximate surface area is 140 Å². The lowest BCUT2D eigenvalue weighted by molar-refractivity contribution is 0.0978. The van der Waals surface area contributed by atoms with Crippen LogP contribution in [0.5, 0.6) is 0 Å². The summed E-state index contributed by atoms with van der Waals surface area (Å²) in [6.45, 7) is 1.98. The molecule has 3 aromatic carbocycles. The summed E-state index contributed by atoms with van der Waals surface area (Å²) in [5.41, 5.74) is 2.56. The number of fused-ring (bicyclic) bond motifs is 1. The van der Waals surface area contributed by atoms with E-state index in [2.05, 4.69) is 10.6 Å². The molecule has 114 valence electrons. The maximum atomic E-state index is 12.2. The highest BCUT2D eigenvalue weighted by Crippen LogP contribution is 2.22. The first-order valence-electron chi connectivity index (χ1n) is 7.30. The highest BCUT2D eigenvalue weighted by molar-refractivity contribution is 7.80. The Bertz CT molecular complexity index is 867. The molecule has 0 aliphatic heterocycles. The van der Waals surface area contributed by atoms with Crippen molar-refractivity contribution in [2.75, 3.05) is 5.32 Å². The normalized spacial score (nSPS) is 10.3. The largest absolute Gasteiger partial charge is 0.332 e. The van der Waals surface area contributed by atoms with E-state index < -0.39 is 0 Å². The average molecular weight is 320 g/mol. The molecule has 0 heterocycles. The second-order valence-electron chi connectivity index (χ2n) is 5.30. The van der Waals surface area contributed by atoms with Gasteiger partial charge in [0, 0.05) is 16.6 Å². The van der Waals surface area contributed by atoms with Gasteiger partial charge >= 0.3 is 0 Å². The standard InChI is InChI=1S/C19H16N2OS/c1-13-9-11-15(12-10-13)18(22)21-19(23)20-17-8-4-6-14-5-2-3-7-16(14)17/h2-12H,1H3,(H2,20,21,22,23). The van der Waals surface area contributed by atoms with E-state index in [0.29, 0.717) is 5.56 Å². The summed E-state index contributed by atoms with van der Waals surface area (Å²) in [7, 11) is 0. The minimum absolute atomic E-state index is 0.220.